The third kappa shape index (κ3) is 3.97. The molecule has 0 saturated heterocycles. The minimum absolute atomic E-state index is 0.0813. The molecule has 23 heavy (non-hydrogen) atoms. The molecule has 0 unspecified atom stereocenters. The summed E-state index contributed by atoms with van der Waals surface area (Å²) in [6, 6.07) is 11.2. The Labute approximate surface area is 133 Å². The number of para-hydroxylation sites is 2. The van der Waals surface area contributed by atoms with Crippen LogP contribution in [0.5, 0.6) is 5.75 Å². The lowest BCUT2D eigenvalue weighted by atomic mass is 10.1. The lowest BCUT2D eigenvalue weighted by Crippen LogP contribution is -2.11. The van der Waals surface area contributed by atoms with Gasteiger partial charge < -0.3 is 15.8 Å². The molecule has 0 heterocycles. The third-order valence-electron chi connectivity index (χ3n) is 3.10. The molecular weight excluding hydrogens is 298 g/mol. The maximum atomic E-state index is 11.2. The van der Waals surface area contributed by atoms with Gasteiger partial charge in [0.25, 0.3) is 5.69 Å². The number of amides is 1. The lowest BCUT2D eigenvalue weighted by Gasteiger charge is -2.13. The molecule has 0 aliphatic heterocycles. The van der Waals surface area contributed by atoms with Crippen LogP contribution in [0.3, 0.4) is 0 Å². The SMILES string of the molecule is CCCOc1ccccc1Nc1ccc(C(N)=O)cc1[N+](=O)[O-]. The zero-order chi connectivity index (χ0) is 16.8. The number of nitrogens with zero attached hydrogens (tertiary/aromatic N) is 1. The highest BCUT2D eigenvalue weighted by Gasteiger charge is 2.17. The molecule has 0 spiro atoms. The predicted octanol–water partition coefficient (Wildman–Crippen LogP) is 3.23. The molecule has 7 heteroatoms. The van der Waals surface area contributed by atoms with Gasteiger partial charge in [-0.05, 0) is 30.7 Å². The standard InChI is InChI=1S/C16H17N3O4/c1-2-9-23-15-6-4-3-5-13(15)18-12-8-7-11(16(17)20)10-14(12)19(21)22/h3-8,10,18H,2,9H2,1H3,(H2,17,20). The van der Waals surface area contributed by atoms with E-state index in [4.69, 9.17) is 10.5 Å². The topological polar surface area (TPSA) is 107 Å². The normalized spacial score (nSPS) is 10.1. The minimum Gasteiger partial charge on any atom is -0.491 e. The van der Waals surface area contributed by atoms with Crippen LogP contribution in [0.4, 0.5) is 17.1 Å². The van der Waals surface area contributed by atoms with E-state index in [0.29, 0.717) is 18.0 Å². The Kier molecular flexibility index (Phi) is 5.14. The molecule has 0 atom stereocenters. The molecule has 0 aliphatic rings. The van der Waals surface area contributed by atoms with E-state index in [-0.39, 0.29) is 16.9 Å². The quantitative estimate of drug-likeness (QED) is 0.602. The highest BCUT2D eigenvalue weighted by atomic mass is 16.6. The number of nitrogens with two attached hydrogens (primary N) is 1. The first-order chi connectivity index (χ1) is 11.0. The van der Waals surface area contributed by atoms with E-state index in [1.807, 2.05) is 13.0 Å². The monoisotopic (exact) mass is 315 g/mol. The van der Waals surface area contributed by atoms with Crippen LogP contribution in [0.1, 0.15) is 23.7 Å². The van der Waals surface area contributed by atoms with Crippen molar-refractivity contribution in [3.63, 3.8) is 0 Å². The third-order valence-corrected chi connectivity index (χ3v) is 3.10. The second kappa shape index (κ2) is 7.26. The van der Waals surface area contributed by atoms with Gasteiger partial charge in [-0.15, -0.1) is 0 Å². The number of carbonyl (C=O) groups is 1. The summed E-state index contributed by atoms with van der Waals surface area (Å²) in [5.74, 6) is -0.117. The number of primary amides is 1. The number of anilines is 2. The Morgan fingerprint density at radius 3 is 2.65 bits per heavy atom. The molecular formula is C16H17N3O4. The van der Waals surface area contributed by atoms with Crippen LogP contribution >= 0.6 is 0 Å². The van der Waals surface area contributed by atoms with Gasteiger partial charge in [-0.3, -0.25) is 14.9 Å². The van der Waals surface area contributed by atoms with Gasteiger partial charge in [-0.2, -0.15) is 0 Å². The number of nitro benzene ring substituents is 1. The molecule has 0 bridgehead atoms. The fraction of sp³-hybridized carbons (Fsp3) is 0.188. The van der Waals surface area contributed by atoms with Crippen LogP contribution in [-0.2, 0) is 0 Å². The Morgan fingerprint density at radius 1 is 1.26 bits per heavy atom. The van der Waals surface area contributed by atoms with Gasteiger partial charge in [0.05, 0.1) is 17.2 Å². The first-order valence-electron chi connectivity index (χ1n) is 7.10. The van der Waals surface area contributed by atoms with E-state index in [0.717, 1.165) is 12.5 Å². The zero-order valence-corrected chi connectivity index (χ0v) is 12.6. The lowest BCUT2D eigenvalue weighted by molar-refractivity contribution is -0.383. The zero-order valence-electron chi connectivity index (χ0n) is 12.6. The summed E-state index contributed by atoms with van der Waals surface area (Å²) < 4.78 is 5.61. The van der Waals surface area contributed by atoms with E-state index >= 15 is 0 Å². The molecule has 2 aromatic carbocycles. The molecule has 1 amide bonds. The van der Waals surface area contributed by atoms with Crippen molar-refractivity contribution in [1.82, 2.24) is 0 Å². The van der Waals surface area contributed by atoms with Gasteiger partial charge in [0, 0.05) is 11.6 Å². The Balaban J connectivity index is 2.37. The van der Waals surface area contributed by atoms with E-state index < -0.39 is 10.8 Å². The summed E-state index contributed by atoms with van der Waals surface area (Å²) in [6.45, 7) is 2.53. The van der Waals surface area contributed by atoms with Crippen molar-refractivity contribution in [3.8, 4) is 5.75 Å². The number of rotatable bonds is 7. The second-order valence-corrected chi connectivity index (χ2v) is 4.82. The largest absolute Gasteiger partial charge is 0.491 e. The summed E-state index contributed by atoms with van der Waals surface area (Å²) in [4.78, 5) is 21.8. The van der Waals surface area contributed by atoms with Gasteiger partial charge in [0.15, 0.2) is 0 Å². The van der Waals surface area contributed by atoms with E-state index in [9.17, 15) is 14.9 Å². The van der Waals surface area contributed by atoms with Crippen molar-refractivity contribution in [3.05, 3.63) is 58.1 Å². The number of nitrogens with one attached hydrogen (secondary N) is 1. The molecule has 3 N–H and O–H groups in total. The van der Waals surface area contributed by atoms with Crippen molar-refractivity contribution in [2.75, 3.05) is 11.9 Å². The number of hydrogen-bond donors (Lipinski definition) is 2. The van der Waals surface area contributed by atoms with E-state index in [2.05, 4.69) is 5.32 Å². The molecule has 120 valence electrons. The maximum absolute atomic E-state index is 11.2. The summed E-state index contributed by atoms with van der Waals surface area (Å²) in [6.07, 6.45) is 0.849. The van der Waals surface area contributed by atoms with Crippen molar-refractivity contribution < 1.29 is 14.5 Å². The van der Waals surface area contributed by atoms with Crippen LogP contribution in [0, 0.1) is 10.1 Å². The highest BCUT2D eigenvalue weighted by molar-refractivity contribution is 5.94. The molecule has 2 rings (SSSR count). The number of hydrogen-bond acceptors (Lipinski definition) is 5. The summed E-state index contributed by atoms with van der Waals surface area (Å²) in [5.41, 5.74) is 5.88. The Bertz CT molecular complexity index is 731. The van der Waals surface area contributed by atoms with Gasteiger partial charge in [0.2, 0.25) is 5.91 Å². The van der Waals surface area contributed by atoms with Gasteiger partial charge in [0.1, 0.15) is 11.4 Å². The van der Waals surface area contributed by atoms with Crippen LogP contribution in [0.25, 0.3) is 0 Å². The maximum Gasteiger partial charge on any atom is 0.293 e. The molecule has 0 radical (unpaired) electrons. The Hall–Kier alpha value is -3.09. The number of benzene rings is 2. The molecule has 7 nitrogen and oxygen atoms in total. The average molecular weight is 315 g/mol. The fourth-order valence-corrected chi connectivity index (χ4v) is 1.99. The molecule has 0 saturated carbocycles. The van der Waals surface area contributed by atoms with Crippen LogP contribution in [0.15, 0.2) is 42.5 Å². The van der Waals surface area contributed by atoms with Crippen molar-refractivity contribution in [1.29, 1.82) is 0 Å². The highest BCUT2D eigenvalue weighted by Crippen LogP contribution is 2.32. The second-order valence-electron chi connectivity index (χ2n) is 4.82. The summed E-state index contributed by atoms with van der Waals surface area (Å²) in [7, 11) is 0. The van der Waals surface area contributed by atoms with E-state index in [1.165, 1.54) is 12.1 Å². The van der Waals surface area contributed by atoms with Crippen molar-refractivity contribution >= 4 is 23.0 Å². The van der Waals surface area contributed by atoms with Crippen molar-refractivity contribution in [2.24, 2.45) is 5.73 Å². The molecule has 0 aliphatic carbocycles. The van der Waals surface area contributed by atoms with Gasteiger partial charge >= 0.3 is 0 Å². The van der Waals surface area contributed by atoms with Crippen LogP contribution in [0.2, 0.25) is 0 Å². The first-order valence-corrected chi connectivity index (χ1v) is 7.10. The first kappa shape index (κ1) is 16.3. The number of nitro groups is 1. The smallest absolute Gasteiger partial charge is 0.293 e. The summed E-state index contributed by atoms with van der Waals surface area (Å²) in [5, 5.41) is 14.2. The fourth-order valence-electron chi connectivity index (χ4n) is 1.99. The van der Waals surface area contributed by atoms with Crippen molar-refractivity contribution in [2.45, 2.75) is 13.3 Å². The van der Waals surface area contributed by atoms with Gasteiger partial charge in [-0.25, -0.2) is 0 Å². The van der Waals surface area contributed by atoms with Crippen LogP contribution in [-0.4, -0.2) is 17.4 Å². The van der Waals surface area contributed by atoms with Crippen LogP contribution < -0.4 is 15.8 Å². The van der Waals surface area contributed by atoms with Gasteiger partial charge in [-0.1, -0.05) is 19.1 Å². The number of carbonyl (C=O) groups excluding carboxylic acids is 1. The Morgan fingerprint density at radius 2 is 2.00 bits per heavy atom. The summed E-state index contributed by atoms with van der Waals surface area (Å²) >= 11 is 0. The van der Waals surface area contributed by atoms with E-state index in [1.54, 1.807) is 18.2 Å². The average Bonchev–Trinajstić information content (AvgIpc) is 2.54. The molecule has 0 aromatic heterocycles. The predicted molar refractivity (Wildman–Crippen MR) is 87.1 cm³/mol. The minimum atomic E-state index is -0.716. The molecule has 0 fully saturated rings. The molecule has 2 aromatic rings. The number of ether oxygens (including phenoxy) is 1.